The lowest BCUT2D eigenvalue weighted by molar-refractivity contribution is 0.376. The molecule has 1 saturated heterocycles. The summed E-state index contributed by atoms with van der Waals surface area (Å²) in [6.07, 6.45) is 2.49. The van der Waals surface area contributed by atoms with E-state index in [-0.39, 0.29) is 0 Å². The van der Waals surface area contributed by atoms with Crippen molar-refractivity contribution in [1.82, 2.24) is 10.3 Å². The summed E-state index contributed by atoms with van der Waals surface area (Å²) in [6.45, 7) is 11.9. The Morgan fingerprint density at radius 3 is 2.81 bits per heavy atom. The van der Waals surface area contributed by atoms with E-state index in [1.165, 1.54) is 12.8 Å². The fourth-order valence-corrected chi connectivity index (χ4v) is 3.16. The third-order valence-electron chi connectivity index (χ3n) is 4.18. The van der Waals surface area contributed by atoms with Gasteiger partial charge in [-0.15, -0.1) is 0 Å². The van der Waals surface area contributed by atoms with Crippen LogP contribution in [0.2, 0.25) is 5.02 Å². The van der Waals surface area contributed by atoms with Gasteiger partial charge in [-0.1, -0.05) is 32.4 Å². The standard InChI is InChI=1S/C17H28ClN3/c1-12(2)10-19-11-16-15(18)5-6-17(20-16)21-8-7-13(3)9-14(21)4/h5-6,12-14,19H,7-11H2,1-4H3. The maximum Gasteiger partial charge on any atom is 0.129 e. The summed E-state index contributed by atoms with van der Waals surface area (Å²) in [5, 5.41) is 4.18. The lowest BCUT2D eigenvalue weighted by Gasteiger charge is -2.37. The summed E-state index contributed by atoms with van der Waals surface area (Å²) >= 11 is 6.29. The Morgan fingerprint density at radius 2 is 2.14 bits per heavy atom. The van der Waals surface area contributed by atoms with Gasteiger partial charge in [0.1, 0.15) is 5.82 Å². The number of rotatable bonds is 5. The van der Waals surface area contributed by atoms with Crippen LogP contribution in [0.4, 0.5) is 5.82 Å². The molecule has 0 spiro atoms. The van der Waals surface area contributed by atoms with Gasteiger partial charge in [-0.3, -0.25) is 0 Å². The lowest BCUT2D eigenvalue weighted by Crippen LogP contribution is -2.40. The molecule has 0 aliphatic carbocycles. The molecule has 2 heterocycles. The number of nitrogens with zero attached hydrogens (tertiary/aromatic N) is 2. The molecule has 0 aromatic carbocycles. The van der Waals surface area contributed by atoms with Gasteiger partial charge in [0.05, 0.1) is 10.7 Å². The highest BCUT2D eigenvalue weighted by Crippen LogP contribution is 2.28. The van der Waals surface area contributed by atoms with Crippen molar-refractivity contribution in [2.24, 2.45) is 11.8 Å². The van der Waals surface area contributed by atoms with Crippen molar-refractivity contribution >= 4 is 17.4 Å². The highest BCUT2D eigenvalue weighted by atomic mass is 35.5. The molecule has 0 amide bonds. The molecule has 2 unspecified atom stereocenters. The minimum Gasteiger partial charge on any atom is -0.354 e. The summed E-state index contributed by atoms with van der Waals surface area (Å²) in [4.78, 5) is 7.22. The van der Waals surface area contributed by atoms with Crippen molar-refractivity contribution in [2.75, 3.05) is 18.0 Å². The third-order valence-corrected chi connectivity index (χ3v) is 4.53. The van der Waals surface area contributed by atoms with Crippen LogP contribution in [0, 0.1) is 11.8 Å². The van der Waals surface area contributed by atoms with Gasteiger partial charge in [-0.2, -0.15) is 0 Å². The zero-order valence-electron chi connectivity index (χ0n) is 13.7. The van der Waals surface area contributed by atoms with E-state index < -0.39 is 0 Å². The summed E-state index contributed by atoms with van der Waals surface area (Å²) in [6, 6.07) is 4.60. The van der Waals surface area contributed by atoms with Crippen LogP contribution in [-0.4, -0.2) is 24.1 Å². The Morgan fingerprint density at radius 1 is 1.38 bits per heavy atom. The number of halogens is 1. The number of nitrogens with one attached hydrogen (secondary N) is 1. The van der Waals surface area contributed by atoms with Crippen LogP contribution in [0.15, 0.2) is 12.1 Å². The number of hydrogen-bond acceptors (Lipinski definition) is 3. The van der Waals surface area contributed by atoms with Crippen LogP contribution in [0.1, 0.15) is 46.2 Å². The molecule has 1 N–H and O–H groups in total. The smallest absolute Gasteiger partial charge is 0.129 e. The van der Waals surface area contributed by atoms with Crippen molar-refractivity contribution < 1.29 is 0 Å². The Hall–Kier alpha value is -0.800. The van der Waals surface area contributed by atoms with Crippen LogP contribution in [0.25, 0.3) is 0 Å². The molecule has 3 nitrogen and oxygen atoms in total. The summed E-state index contributed by atoms with van der Waals surface area (Å²) in [5.74, 6) is 2.52. The second-order valence-corrected chi connectivity index (χ2v) is 7.20. The molecule has 2 atom stereocenters. The molecule has 1 aromatic rings. The maximum absolute atomic E-state index is 6.29. The molecular formula is C17H28ClN3. The molecule has 4 heteroatoms. The van der Waals surface area contributed by atoms with Crippen LogP contribution in [-0.2, 0) is 6.54 Å². The van der Waals surface area contributed by atoms with Gasteiger partial charge in [-0.25, -0.2) is 4.98 Å². The van der Waals surface area contributed by atoms with Gasteiger partial charge in [-0.05, 0) is 50.3 Å². The van der Waals surface area contributed by atoms with Gasteiger partial charge < -0.3 is 10.2 Å². The number of pyridine rings is 1. The van der Waals surface area contributed by atoms with Gasteiger partial charge in [0.2, 0.25) is 0 Å². The van der Waals surface area contributed by atoms with Gasteiger partial charge in [0, 0.05) is 19.1 Å². The first-order valence-corrected chi connectivity index (χ1v) is 8.48. The summed E-state index contributed by atoms with van der Waals surface area (Å²) in [7, 11) is 0. The van der Waals surface area contributed by atoms with Crippen LogP contribution in [0.5, 0.6) is 0 Å². The number of aromatic nitrogens is 1. The van der Waals surface area contributed by atoms with Gasteiger partial charge >= 0.3 is 0 Å². The second kappa shape index (κ2) is 7.46. The molecule has 1 aliphatic rings. The molecule has 0 bridgehead atoms. The maximum atomic E-state index is 6.29. The van der Waals surface area contributed by atoms with Crippen LogP contribution < -0.4 is 10.2 Å². The lowest BCUT2D eigenvalue weighted by atomic mass is 9.93. The number of anilines is 1. The first kappa shape index (κ1) is 16.6. The Labute approximate surface area is 134 Å². The Bertz CT molecular complexity index is 461. The second-order valence-electron chi connectivity index (χ2n) is 6.79. The minimum atomic E-state index is 0.555. The van der Waals surface area contributed by atoms with Crippen molar-refractivity contribution in [3.8, 4) is 0 Å². The predicted octanol–water partition coefficient (Wildman–Crippen LogP) is 4.11. The fourth-order valence-electron chi connectivity index (χ4n) is 2.98. The van der Waals surface area contributed by atoms with Crippen LogP contribution >= 0.6 is 11.6 Å². The number of hydrogen-bond donors (Lipinski definition) is 1. The largest absolute Gasteiger partial charge is 0.354 e. The van der Waals surface area contributed by atoms with E-state index in [2.05, 4.69) is 44.0 Å². The first-order chi connectivity index (χ1) is 9.97. The first-order valence-electron chi connectivity index (χ1n) is 8.10. The van der Waals surface area contributed by atoms with Gasteiger partial charge in [0.25, 0.3) is 0 Å². The van der Waals surface area contributed by atoms with E-state index in [1.54, 1.807) is 0 Å². The zero-order valence-corrected chi connectivity index (χ0v) is 14.5. The fraction of sp³-hybridized carbons (Fsp3) is 0.706. The van der Waals surface area contributed by atoms with E-state index in [0.717, 1.165) is 42.1 Å². The molecule has 21 heavy (non-hydrogen) atoms. The quantitative estimate of drug-likeness (QED) is 0.887. The SMILES string of the molecule is CC(C)CNCc1nc(N2CCC(C)CC2C)ccc1Cl. The van der Waals surface area contributed by atoms with Crippen molar-refractivity contribution in [3.05, 3.63) is 22.8 Å². The van der Waals surface area contributed by atoms with E-state index in [1.807, 2.05) is 6.07 Å². The highest BCUT2D eigenvalue weighted by molar-refractivity contribution is 6.31. The van der Waals surface area contributed by atoms with E-state index in [4.69, 9.17) is 16.6 Å². The molecule has 1 aromatic heterocycles. The molecular weight excluding hydrogens is 282 g/mol. The van der Waals surface area contributed by atoms with Crippen molar-refractivity contribution in [1.29, 1.82) is 0 Å². The van der Waals surface area contributed by atoms with Crippen molar-refractivity contribution in [2.45, 2.75) is 53.1 Å². The zero-order chi connectivity index (χ0) is 15.4. The predicted molar refractivity (Wildman–Crippen MR) is 91.0 cm³/mol. The monoisotopic (exact) mass is 309 g/mol. The molecule has 2 rings (SSSR count). The molecule has 118 valence electrons. The normalized spacial score (nSPS) is 22.9. The average Bonchev–Trinajstić information content (AvgIpc) is 2.41. The van der Waals surface area contributed by atoms with Crippen LogP contribution in [0.3, 0.4) is 0 Å². The molecule has 0 radical (unpaired) electrons. The highest BCUT2D eigenvalue weighted by Gasteiger charge is 2.24. The number of piperidine rings is 1. The van der Waals surface area contributed by atoms with Gasteiger partial charge in [0.15, 0.2) is 0 Å². The van der Waals surface area contributed by atoms with E-state index in [9.17, 15) is 0 Å². The topological polar surface area (TPSA) is 28.2 Å². The summed E-state index contributed by atoms with van der Waals surface area (Å²) in [5.41, 5.74) is 0.959. The minimum absolute atomic E-state index is 0.555. The van der Waals surface area contributed by atoms with E-state index >= 15 is 0 Å². The van der Waals surface area contributed by atoms with Crippen molar-refractivity contribution in [3.63, 3.8) is 0 Å². The third kappa shape index (κ3) is 4.58. The molecule has 1 fully saturated rings. The van der Waals surface area contributed by atoms with E-state index in [0.29, 0.717) is 12.0 Å². The average molecular weight is 310 g/mol. The molecule has 1 aliphatic heterocycles. The molecule has 0 saturated carbocycles. The summed E-state index contributed by atoms with van der Waals surface area (Å²) < 4.78 is 0. The Kier molecular flexibility index (Phi) is 5.88. The Balaban J connectivity index is 2.07.